The van der Waals surface area contributed by atoms with Gasteiger partial charge >= 0.3 is 0 Å². The van der Waals surface area contributed by atoms with E-state index < -0.39 is 0 Å². The maximum atomic E-state index is 12.2. The zero-order chi connectivity index (χ0) is 14.2. The number of ether oxygens (including phenoxy) is 1. The van der Waals surface area contributed by atoms with Gasteiger partial charge in [-0.2, -0.15) is 0 Å². The minimum atomic E-state index is -0.0286. The van der Waals surface area contributed by atoms with E-state index in [-0.39, 0.29) is 17.9 Å². The van der Waals surface area contributed by atoms with Crippen LogP contribution in [0.15, 0.2) is 0 Å². The van der Waals surface area contributed by atoms with Crippen LogP contribution in [-0.4, -0.2) is 62.8 Å². The van der Waals surface area contributed by atoms with E-state index in [1.807, 2.05) is 0 Å². The summed E-state index contributed by atoms with van der Waals surface area (Å²) in [5, 5.41) is 6.41. The summed E-state index contributed by atoms with van der Waals surface area (Å²) in [6, 6.07) is 0.179. The Hall–Kier alpha value is -0.650. The van der Waals surface area contributed by atoms with Crippen molar-refractivity contribution in [3.8, 4) is 0 Å². The standard InChI is InChI=1S/C15H29N3O2/c1-2-16-14-12-20-11-13(14)15(19)17-7-10-18-8-5-3-4-6-9-18/h13-14,16H,2-12H2,1H3,(H,17,19). The molecule has 2 fully saturated rings. The van der Waals surface area contributed by atoms with Gasteiger partial charge in [0.15, 0.2) is 0 Å². The van der Waals surface area contributed by atoms with Crippen LogP contribution in [0.2, 0.25) is 0 Å². The van der Waals surface area contributed by atoms with Crippen LogP contribution in [0, 0.1) is 5.92 Å². The first kappa shape index (κ1) is 15.7. The van der Waals surface area contributed by atoms with E-state index in [1.165, 1.54) is 38.8 Å². The molecule has 2 aliphatic rings. The Bertz CT molecular complexity index is 291. The van der Waals surface area contributed by atoms with E-state index in [4.69, 9.17) is 4.74 Å². The zero-order valence-corrected chi connectivity index (χ0v) is 12.7. The van der Waals surface area contributed by atoms with E-state index in [0.29, 0.717) is 13.2 Å². The minimum Gasteiger partial charge on any atom is -0.379 e. The second-order valence-corrected chi connectivity index (χ2v) is 5.86. The van der Waals surface area contributed by atoms with Gasteiger partial charge in [-0.25, -0.2) is 0 Å². The van der Waals surface area contributed by atoms with E-state index in [1.54, 1.807) is 0 Å². The smallest absolute Gasteiger partial charge is 0.227 e. The number of nitrogens with zero attached hydrogens (tertiary/aromatic N) is 1. The molecule has 0 spiro atoms. The highest BCUT2D eigenvalue weighted by Crippen LogP contribution is 2.14. The summed E-state index contributed by atoms with van der Waals surface area (Å²) < 4.78 is 5.42. The van der Waals surface area contributed by atoms with Crippen molar-refractivity contribution in [1.82, 2.24) is 15.5 Å². The number of carbonyl (C=O) groups excluding carboxylic acids is 1. The van der Waals surface area contributed by atoms with Crippen LogP contribution in [0.5, 0.6) is 0 Å². The highest BCUT2D eigenvalue weighted by molar-refractivity contribution is 5.79. The first-order chi connectivity index (χ1) is 9.81. The highest BCUT2D eigenvalue weighted by atomic mass is 16.5. The maximum absolute atomic E-state index is 12.2. The van der Waals surface area contributed by atoms with Gasteiger partial charge in [-0.3, -0.25) is 4.79 Å². The fourth-order valence-corrected chi connectivity index (χ4v) is 3.10. The average Bonchev–Trinajstić information content (AvgIpc) is 2.75. The second kappa shape index (κ2) is 8.60. The molecule has 5 nitrogen and oxygen atoms in total. The molecule has 0 aromatic carbocycles. The predicted molar refractivity (Wildman–Crippen MR) is 79.7 cm³/mol. The summed E-state index contributed by atoms with van der Waals surface area (Å²) in [5.74, 6) is 0.113. The molecule has 2 aliphatic heterocycles. The number of nitrogens with one attached hydrogen (secondary N) is 2. The van der Waals surface area contributed by atoms with Crippen LogP contribution in [0.4, 0.5) is 0 Å². The third-order valence-corrected chi connectivity index (χ3v) is 4.31. The van der Waals surface area contributed by atoms with Gasteiger partial charge in [0.1, 0.15) is 0 Å². The first-order valence-electron chi connectivity index (χ1n) is 8.12. The van der Waals surface area contributed by atoms with Gasteiger partial charge in [0.25, 0.3) is 0 Å². The molecule has 0 aromatic rings. The van der Waals surface area contributed by atoms with Crippen molar-refractivity contribution in [1.29, 1.82) is 0 Å². The Morgan fingerprint density at radius 3 is 2.65 bits per heavy atom. The van der Waals surface area contributed by atoms with Crippen LogP contribution in [0.25, 0.3) is 0 Å². The monoisotopic (exact) mass is 283 g/mol. The third-order valence-electron chi connectivity index (χ3n) is 4.31. The summed E-state index contributed by atoms with van der Waals surface area (Å²) in [6.07, 6.45) is 5.30. The molecule has 116 valence electrons. The van der Waals surface area contributed by atoms with E-state index >= 15 is 0 Å². The molecule has 2 N–H and O–H groups in total. The summed E-state index contributed by atoms with van der Waals surface area (Å²) >= 11 is 0. The number of hydrogen-bond donors (Lipinski definition) is 2. The molecule has 2 saturated heterocycles. The summed E-state index contributed by atoms with van der Waals surface area (Å²) in [5.41, 5.74) is 0. The summed E-state index contributed by atoms with van der Waals surface area (Å²) in [7, 11) is 0. The number of amides is 1. The molecule has 2 atom stereocenters. The Morgan fingerprint density at radius 1 is 1.20 bits per heavy atom. The molecule has 2 heterocycles. The number of rotatable bonds is 6. The van der Waals surface area contributed by atoms with Crippen molar-refractivity contribution < 1.29 is 9.53 Å². The van der Waals surface area contributed by atoms with E-state index in [0.717, 1.165) is 19.6 Å². The summed E-state index contributed by atoms with van der Waals surface area (Å²) in [6.45, 7) is 8.24. The van der Waals surface area contributed by atoms with Gasteiger partial charge in [0.2, 0.25) is 5.91 Å². The van der Waals surface area contributed by atoms with Gasteiger partial charge in [0.05, 0.1) is 19.1 Å². The van der Waals surface area contributed by atoms with Gasteiger partial charge < -0.3 is 20.3 Å². The normalized spacial score (nSPS) is 28.2. The largest absolute Gasteiger partial charge is 0.379 e. The van der Waals surface area contributed by atoms with Crippen LogP contribution in [0.3, 0.4) is 0 Å². The van der Waals surface area contributed by atoms with Crippen LogP contribution < -0.4 is 10.6 Å². The Morgan fingerprint density at radius 2 is 1.95 bits per heavy atom. The zero-order valence-electron chi connectivity index (χ0n) is 12.7. The summed E-state index contributed by atoms with van der Waals surface area (Å²) in [4.78, 5) is 14.7. The van der Waals surface area contributed by atoms with Crippen LogP contribution >= 0.6 is 0 Å². The highest BCUT2D eigenvalue weighted by Gasteiger charge is 2.33. The Labute approximate surface area is 122 Å². The Kier molecular flexibility index (Phi) is 6.76. The quantitative estimate of drug-likeness (QED) is 0.750. The number of likely N-dealkylation sites (tertiary alicyclic amines) is 1. The van der Waals surface area contributed by atoms with Crippen molar-refractivity contribution in [3.63, 3.8) is 0 Å². The first-order valence-corrected chi connectivity index (χ1v) is 8.12. The molecule has 0 saturated carbocycles. The Balaban J connectivity index is 1.66. The molecule has 0 aliphatic carbocycles. The molecule has 2 rings (SSSR count). The van der Waals surface area contributed by atoms with Crippen molar-refractivity contribution in [2.45, 2.75) is 38.6 Å². The number of carbonyl (C=O) groups is 1. The molecular weight excluding hydrogens is 254 g/mol. The molecule has 1 amide bonds. The van der Waals surface area contributed by atoms with Crippen LogP contribution in [0.1, 0.15) is 32.6 Å². The fraction of sp³-hybridized carbons (Fsp3) is 0.933. The van der Waals surface area contributed by atoms with E-state index in [9.17, 15) is 4.79 Å². The maximum Gasteiger partial charge on any atom is 0.227 e. The minimum absolute atomic E-state index is 0.0286. The van der Waals surface area contributed by atoms with Crippen molar-refractivity contribution in [2.75, 3.05) is 45.9 Å². The predicted octanol–water partition coefficient (Wildman–Crippen LogP) is 0.603. The molecular formula is C15H29N3O2. The second-order valence-electron chi connectivity index (χ2n) is 5.86. The lowest BCUT2D eigenvalue weighted by Gasteiger charge is -2.21. The lowest BCUT2D eigenvalue weighted by molar-refractivity contribution is -0.125. The van der Waals surface area contributed by atoms with Gasteiger partial charge in [-0.1, -0.05) is 19.8 Å². The van der Waals surface area contributed by atoms with Crippen molar-refractivity contribution in [2.24, 2.45) is 5.92 Å². The molecule has 2 unspecified atom stereocenters. The topological polar surface area (TPSA) is 53.6 Å². The van der Waals surface area contributed by atoms with E-state index in [2.05, 4.69) is 22.5 Å². The van der Waals surface area contributed by atoms with Gasteiger partial charge in [0, 0.05) is 19.1 Å². The van der Waals surface area contributed by atoms with Crippen molar-refractivity contribution >= 4 is 5.91 Å². The molecule has 20 heavy (non-hydrogen) atoms. The van der Waals surface area contributed by atoms with Gasteiger partial charge in [-0.05, 0) is 32.5 Å². The SMILES string of the molecule is CCNC1COCC1C(=O)NCCN1CCCCCC1. The van der Waals surface area contributed by atoms with Crippen molar-refractivity contribution in [3.05, 3.63) is 0 Å². The lowest BCUT2D eigenvalue weighted by atomic mass is 10.0. The van der Waals surface area contributed by atoms with Gasteiger partial charge in [-0.15, -0.1) is 0 Å². The molecule has 5 heteroatoms. The molecule has 0 radical (unpaired) electrons. The lowest BCUT2D eigenvalue weighted by Crippen LogP contribution is -2.45. The average molecular weight is 283 g/mol. The van der Waals surface area contributed by atoms with Crippen LogP contribution in [-0.2, 0) is 9.53 Å². The molecule has 0 bridgehead atoms. The third kappa shape index (κ3) is 4.72. The number of likely N-dealkylation sites (N-methyl/N-ethyl adjacent to an activating group) is 1. The fourth-order valence-electron chi connectivity index (χ4n) is 3.10. The molecule has 0 aromatic heterocycles. The number of hydrogen-bond acceptors (Lipinski definition) is 4.